The predicted octanol–water partition coefficient (Wildman–Crippen LogP) is 4.02. The van der Waals surface area contributed by atoms with Gasteiger partial charge in [0.05, 0.1) is 36.3 Å². The molecule has 0 aliphatic heterocycles. The first-order valence-electron chi connectivity index (χ1n) is 10.4. The molecule has 0 fully saturated rings. The van der Waals surface area contributed by atoms with Gasteiger partial charge >= 0.3 is 11.7 Å². The lowest BCUT2D eigenvalue weighted by Crippen LogP contribution is -2.25. The highest BCUT2D eigenvalue weighted by atomic mass is 79.9. The van der Waals surface area contributed by atoms with Gasteiger partial charge in [-0.15, -0.1) is 0 Å². The Bertz CT molecular complexity index is 1380. The maximum Gasteiger partial charge on any atom is 0.346 e. The zero-order valence-corrected chi connectivity index (χ0v) is 21.2. The Morgan fingerprint density at radius 2 is 1.94 bits per heavy atom. The lowest BCUT2D eigenvalue weighted by Gasteiger charge is -2.15. The SMILES string of the molecule is COC(=O)[C@H](C)Oc1c(OC)cc(C=Nn2c(C(C)C)nc3ccc(Br)cc3c2=O)cc1[N+](=O)[O-]. The van der Waals surface area contributed by atoms with E-state index in [0.29, 0.717) is 21.2 Å². The number of methoxy groups -OCH3 is 2. The van der Waals surface area contributed by atoms with Crippen molar-refractivity contribution in [3.05, 3.63) is 66.7 Å². The molecule has 0 saturated carbocycles. The van der Waals surface area contributed by atoms with Gasteiger partial charge in [0.15, 0.2) is 11.9 Å². The molecule has 0 radical (unpaired) electrons. The summed E-state index contributed by atoms with van der Waals surface area (Å²) in [6.45, 7) is 5.15. The molecule has 0 saturated heterocycles. The van der Waals surface area contributed by atoms with Crippen LogP contribution in [-0.2, 0) is 9.53 Å². The average Bonchev–Trinajstić information content (AvgIpc) is 2.83. The van der Waals surface area contributed by atoms with Crippen molar-refractivity contribution >= 4 is 44.7 Å². The van der Waals surface area contributed by atoms with Gasteiger partial charge in [0.25, 0.3) is 5.56 Å². The van der Waals surface area contributed by atoms with E-state index in [1.807, 2.05) is 13.8 Å². The zero-order chi connectivity index (χ0) is 25.9. The summed E-state index contributed by atoms with van der Waals surface area (Å²) in [6, 6.07) is 7.84. The third kappa shape index (κ3) is 5.48. The molecule has 3 aromatic rings. The zero-order valence-electron chi connectivity index (χ0n) is 19.6. The summed E-state index contributed by atoms with van der Waals surface area (Å²) in [5.74, 6) is -0.636. The second-order valence-electron chi connectivity index (χ2n) is 7.76. The highest BCUT2D eigenvalue weighted by Gasteiger charge is 2.26. The highest BCUT2D eigenvalue weighted by Crippen LogP contribution is 2.38. The van der Waals surface area contributed by atoms with Gasteiger partial charge < -0.3 is 14.2 Å². The van der Waals surface area contributed by atoms with E-state index in [1.54, 1.807) is 18.2 Å². The molecule has 0 aliphatic rings. The minimum Gasteiger partial charge on any atom is -0.493 e. The molecule has 1 aromatic heterocycles. The molecule has 184 valence electrons. The fourth-order valence-electron chi connectivity index (χ4n) is 3.25. The van der Waals surface area contributed by atoms with Crippen LogP contribution in [0.15, 0.2) is 44.7 Å². The number of ether oxygens (including phenoxy) is 3. The summed E-state index contributed by atoms with van der Waals surface area (Å²) in [5.41, 5.74) is -0.0300. The van der Waals surface area contributed by atoms with Gasteiger partial charge in [-0.05, 0) is 31.2 Å². The van der Waals surface area contributed by atoms with Crippen molar-refractivity contribution in [3.8, 4) is 11.5 Å². The third-order valence-electron chi connectivity index (χ3n) is 4.97. The second-order valence-corrected chi connectivity index (χ2v) is 8.68. The number of aromatic nitrogens is 2. The smallest absolute Gasteiger partial charge is 0.346 e. The number of rotatable bonds is 8. The van der Waals surface area contributed by atoms with Gasteiger partial charge in [-0.3, -0.25) is 14.9 Å². The van der Waals surface area contributed by atoms with E-state index in [4.69, 9.17) is 9.47 Å². The van der Waals surface area contributed by atoms with Gasteiger partial charge in [0.1, 0.15) is 5.82 Å². The van der Waals surface area contributed by atoms with Crippen molar-refractivity contribution in [1.82, 2.24) is 9.66 Å². The van der Waals surface area contributed by atoms with Crippen molar-refractivity contribution in [2.24, 2.45) is 5.10 Å². The third-order valence-corrected chi connectivity index (χ3v) is 5.47. The number of hydrogen-bond acceptors (Lipinski definition) is 9. The largest absolute Gasteiger partial charge is 0.493 e. The molecule has 0 unspecified atom stereocenters. The Balaban J connectivity index is 2.13. The number of carbonyl (C=O) groups is 1. The Kier molecular flexibility index (Phi) is 7.85. The van der Waals surface area contributed by atoms with Crippen LogP contribution in [0, 0.1) is 10.1 Å². The first-order valence-corrected chi connectivity index (χ1v) is 11.2. The molecule has 35 heavy (non-hydrogen) atoms. The first kappa shape index (κ1) is 25.8. The number of nitro benzene ring substituents is 1. The summed E-state index contributed by atoms with van der Waals surface area (Å²) >= 11 is 3.36. The maximum absolute atomic E-state index is 13.2. The van der Waals surface area contributed by atoms with Crippen LogP contribution in [0.25, 0.3) is 10.9 Å². The van der Waals surface area contributed by atoms with E-state index in [0.717, 1.165) is 0 Å². The molecule has 11 nitrogen and oxygen atoms in total. The summed E-state index contributed by atoms with van der Waals surface area (Å²) in [5, 5.41) is 16.4. The van der Waals surface area contributed by atoms with Crippen LogP contribution in [0.1, 0.15) is 38.1 Å². The molecule has 1 heterocycles. The first-order chi connectivity index (χ1) is 16.6. The Morgan fingerprint density at radius 1 is 1.23 bits per heavy atom. The number of benzene rings is 2. The number of hydrogen-bond donors (Lipinski definition) is 0. The summed E-state index contributed by atoms with van der Waals surface area (Å²) < 4.78 is 17.2. The van der Waals surface area contributed by atoms with E-state index >= 15 is 0 Å². The van der Waals surface area contributed by atoms with Crippen LogP contribution in [-0.4, -0.2) is 47.1 Å². The Hall–Kier alpha value is -3.80. The minimum atomic E-state index is -1.11. The normalized spacial score (nSPS) is 12.2. The van der Waals surface area contributed by atoms with Gasteiger partial charge in [0.2, 0.25) is 5.75 Å². The molecule has 2 aromatic carbocycles. The monoisotopic (exact) mass is 546 g/mol. The standard InChI is InChI=1S/C23H23BrN4O7/c1-12(2)21-26-17-7-6-15(24)10-16(17)22(29)27(21)25-11-14-8-18(28(31)32)20(19(9-14)33-4)35-13(3)23(30)34-5/h6-13H,1-5H3/t13-/m0/s1. The topological polar surface area (TPSA) is 135 Å². The summed E-state index contributed by atoms with van der Waals surface area (Å²) in [6.07, 6.45) is 0.184. The maximum atomic E-state index is 13.2. The average molecular weight is 547 g/mol. The molecular weight excluding hydrogens is 524 g/mol. The van der Waals surface area contributed by atoms with Gasteiger partial charge in [-0.25, -0.2) is 9.78 Å². The van der Waals surface area contributed by atoms with Crippen LogP contribution in [0.5, 0.6) is 11.5 Å². The number of nitrogens with zero attached hydrogens (tertiary/aromatic N) is 4. The van der Waals surface area contributed by atoms with Crippen LogP contribution in [0.4, 0.5) is 5.69 Å². The van der Waals surface area contributed by atoms with E-state index in [1.165, 1.54) is 44.2 Å². The van der Waals surface area contributed by atoms with Gasteiger partial charge in [-0.1, -0.05) is 29.8 Å². The number of fused-ring (bicyclic) bond motifs is 1. The van der Waals surface area contributed by atoms with Crippen molar-refractivity contribution in [2.75, 3.05) is 14.2 Å². The number of halogens is 1. The Labute approximate surface area is 208 Å². The fourth-order valence-corrected chi connectivity index (χ4v) is 3.62. The van der Waals surface area contributed by atoms with Crippen molar-refractivity contribution < 1.29 is 23.9 Å². The fraction of sp³-hybridized carbons (Fsp3) is 0.304. The molecule has 0 amide bonds. The Morgan fingerprint density at radius 3 is 2.54 bits per heavy atom. The summed E-state index contributed by atoms with van der Waals surface area (Å²) in [4.78, 5) is 40.6. The van der Waals surface area contributed by atoms with Crippen LogP contribution >= 0.6 is 15.9 Å². The van der Waals surface area contributed by atoms with Crippen molar-refractivity contribution in [2.45, 2.75) is 32.8 Å². The highest BCUT2D eigenvalue weighted by molar-refractivity contribution is 9.10. The molecule has 12 heteroatoms. The number of carbonyl (C=O) groups excluding carboxylic acids is 1. The molecule has 0 N–H and O–H groups in total. The van der Waals surface area contributed by atoms with E-state index in [2.05, 4.69) is 30.8 Å². The van der Waals surface area contributed by atoms with E-state index in [9.17, 15) is 19.7 Å². The van der Waals surface area contributed by atoms with Crippen molar-refractivity contribution in [3.63, 3.8) is 0 Å². The van der Waals surface area contributed by atoms with Gasteiger partial charge in [0, 0.05) is 22.0 Å². The second kappa shape index (κ2) is 10.6. The van der Waals surface area contributed by atoms with Crippen LogP contribution < -0.4 is 15.0 Å². The number of esters is 1. The van der Waals surface area contributed by atoms with Crippen LogP contribution in [0.2, 0.25) is 0 Å². The van der Waals surface area contributed by atoms with Gasteiger partial charge in [-0.2, -0.15) is 9.78 Å². The minimum absolute atomic E-state index is 0.00778. The lowest BCUT2D eigenvalue weighted by molar-refractivity contribution is -0.386. The molecule has 3 rings (SSSR count). The van der Waals surface area contributed by atoms with Crippen LogP contribution in [0.3, 0.4) is 0 Å². The number of nitro groups is 1. The van der Waals surface area contributed by atoms with Crippen molar-refractivity contribution in [1.29, 1.82) is 0 Å². The molecule has 0 aliphatic carbocycles. The van der Waals surface area contributed by atoms with E-state index < -0.39 is 22.7 Å². The quantitative estimate of drug-likeness (QED) is 0.179. The molecule has 1 atom stereocenters. The van der Waals surface area contributed by atoms with E-state index in [-0.39, 0.29) is 28.5 Å². The lowest BCUT2D eigenvalue weighted by atomic mass is 10.1. The molecular formula is C23H23BrN4O7. The summed E-state index contributed by atoms with van der Waals surface area (Å²) in [7, 11) is 2.49. The molecule has 0 spiro atoms. The predicted molar refractivity (Wildman–Crippen MR) is 133 cm³/mol. The molecule has 0 bridgehead atoms.